The maximum absolute atomic E-state index is 10.5. The summed E-state index contributed by atoms with van der Waals surface area (Å²) in [7, 11) is 0. The lowest BCUT2D eigenvalue weighted by molar-refractivity contribution is -0.137. The molecule has 1 N–H and O–H groups in total. The summed E-state index contributed by atoms with van der Waals surface area (Å²) in [5.41, 5.74) is 0.242. The summed E-state index contributed by atoms with van der Waals surface area (Å²) in [6.07, 6.45) is 8.51. The number of aliphatic carboxylic acids is 1. The lowest BCUT2D eigenvalue weighted by Gasteiger charge is -2.27. The lowest BCUT2D eigenvalue weighted by atomic mass is 9.78. The average molecular weight is 214 g/mol. The van der Waals surface area contributed by atoms with Crippen molar-refractivity contribution >= 4 is 5.97 Å². The first-order valence-electron chi connectivity index (χ1n) is 6.26. The molecule has 0 aromatic heterocycles. The smallest absolute Gasteiger partial charge is 0.303 e. The number of carboxylic acid groups (broad SMARTS) is 1. The Balaban J connectivity index is 3.79. The van der Waals surface area contributed by atoms with Crippen LogP contribution in [0.25, 0.3) is 0 Å². The highest BCUT2D eigenvalue weighted by atomic mass is 16.4. The maximum atomic E-state index is 10.5. The van der Waals surface area contributed by atoms with E-state index in [9.17, 15) is 4.79 Å². The van der Waals surface area contributed by atoms with E-state index in [0.29, 0.717) is 6.42 Å². The van der Waals surface area contributed by atoms with Crippen LogP contribution in [-0.4, -0.2) is 11.1 Å². The second kappa shape index (κ2) is 7.72. The molecule has 0 radical (unpaired) electrons. The number of hydrogen-bond acceptors (Lipinski definition) is 1. The van der Waals surface area contributed by atoms with Crippen molar-refractivity contribution in [2.75, 3.05) is 0 Å². The Morgan fingerprint density at radius 3 is 2.27 bits per heavy atom. The van der Waals surface area contributed by atoms with Gasteiger partial charge in [-0.15, -0.1) is 0 Å². The van der Waals surface area contributed by atoms with Gasteiger partial charge in [-0.3, -0.25) is 4.79 Å². The largest absolute Gasteiger partial charge is 0.481 e. The van der Waals surface area contributed by atoms with E-state index in [0.717, 1.165) is 12.8 Å². The number of hydrogen-bond donors (Lipinski definition) is 1. The Bertz CT molecular complexity index is 177. The molecule has 0 rings (SSSR count). The van der Waals surface area contributed by atoms with E-state index >= 15 is 0 Å². The molecule has 90 valence electrons. The van der Waals surface area contributed by atoms with Crippen molar-refractivity contribution in [3.05, 3.63) is 0 Å². The van der Waals surface area contributed by atoms with Crippen molar-refractivity contribution in [1.29, 1.82) is 0 Å². The van der Waals surface area contributed by atoms with E-state index in [1.54, 1.807) is 0 Å². The van der Waals surface area contributed by atoms with Crippen molar-refractivity contribution < 1.29 is 9.90 Å². The molecule has 1 atom stereocenters. The quantitative estimate of drug-likeness (QED) is 0.583. The summed E-state index contributed by atoms with van der Waals surface area (Å²) in [6, 6.07) is 0. The molecule has 0 aromatic carbocycles. The molecule has 2 heteroatoms. The molecule has 0 aromatic rings. The van der Waals surface area contributed by atoms with Crippen LogP contribution in [0.3, 0.4) is 0 Å². The summed E-state index contributed by atoms with van der Waals surface area (Å²) in [6.45, 7) is 6.60. The van der Waals surface area contributed by atoms with Gasteiger partial charge in [0.1, 0.15) is 0 Å². The Morgan fingerprint density at radius 2 is 1.80 bits per heavy atom. The number of carboxylic acids is 1. The van der Waals surface area contributed by atoms with Crippen LogP contribution in [-0.2, 0) is 4.79 Å². The molecule has 0 aliphatic rings. The van der Waals surface area contributed by atoms with Crippen LogP contribution < -0.4 is 0 Å². The first-order valence-corrected chi connectivity index (χ1v) is 6.26. The molecule has 0 saturated carbocycles. The Labute approximate surface area is 94.1 Å². The first kappa shape index (κ1) is 14.5. The molecule has 0 saturated heterocycles. The third-order valence-corrected chi connectivity index (χ3v) is 3.43. The highest BCUT2D eigenvalue weighted by molar-refractivity contribution is 5.66. The van der Waals surface area contributed by atoms with E-state index in [2.05, 4.69) is 20.8 Å². The monoisotopic (exact) mass is 214 g/mol. The van der Waals surface area contributed by atoms with Crippen molar-refractivity contribution in [3.8, 4) is 0 Å². The highest BCUT2D eigenvalue weighted by Crippen LogP contribution is 2.33. The fourth-order valence-electron chi connectivity index (χ4n) is 1.87. The summed E-state index contributed by atoms with van der Waals surface area (Å²) >= 11 is 0. The minimum Gasteiger partial charge on any atom is -0.481 e. The van der Waals surface area contributed by atoms with Crippen molar-refractivity contribution in [1.82, 2.24) is 0 Å². The summed E-state index contributed by atoms with van der Waals surface area (Å²) in [5, 5.41) is 8.68. The lowest BCUT2D eigenvalue weighted by Crippen LogP contribution is -2.17. The summed E-state index contributed by atoms with van der Waals surface area (Å²) in [5.74, 6) is -0.664. The minimum atomic E-state index is -0.664. The van der Waals surface area contributed by atoms with E-state index in [4.69, 9.17) is 5.11 Å². The van der Waals surface area contributed by atoms with Crippen molar-refractivity contribution in [2.24, 2.45) is 5.41 Å². The molecular weight excluding hydrogens is 188 g/mol. The van der Waals surface area contributed by atoms with Gasteiger partial charge in [0.15, 0.2) is 0 Å². The van der Waals surface area contributed by atoms with Crippen molar-refractivity contribution in [3.63, 3.8) is 0 Å². The molecule has 2 nitrogen and oxygen atoms in total. The highest BCUT2D eigenvalue weighted by Gasteiger charge is 2.22. The normalized spacial score (nSPS) is 14.9. The second-order valence-corrected chi connectivity index (χ2v) is 4.87. The van der Waals surface area contributed by atoms with Crippen LogP contribution in [0, 0.1) is 5.41 Å². The van der Waals surface area contributed by atoms with Crippen LogP contribution in [0.15, 0.2) is 0 Å². The SMILES string of the molecule is CCCCCCC(C)(CC)CCC(=O)O. The predicted molar refractivity (Wildman–Crippen MR) is 64.0 cm³/mol. The Hall–Kier alpha value is -0.530. The van der Waals surface area contributed by atoms with Gasteiger partial charge in [-0.2, -0.15) is 0 Å². The van der Waals surface area contributed by atoms with Gasteiger partial charge in [0.05, 0.1) is 0 Å². The maximum Gasteiger partial charge on any atom is 0.303 e. The number of rotatable bonds is 9. The van der Waals surface area contributed by atoms with Gasteiger partial charge in [-0.05, 0) is 18.3 Å². The topological polar surface area (TPSA) is 37.3 Å². The minimum absolute atomic E-state index is 0.242. The molecule has 0 spiro atoms. The van der Waals surface area contributed by atoms with Gasteiger partial charge in [0.25, 0.3) is 0 Å². The van der Waals surface area contributed by atoms with Crippen LogP contribution in [0.1, 0.15) is 72.1 Å². The molecule has 0 fully saturated rings. The fourth-order valence-corrected chi connectivity index (χ4v) is 1.87. The summed E-state index contributed by atoms with van der Waals surface area (Å²) < 4.78 is 0. The molecule has 1 unspecified atom stereocenters. The van der Waals surface area contributed by atoms with Gasteiger partial charge in [-0.1, -0.05) is 52.9 Å². The van der Waals surface area contributed by atoms with Crippen molar-refractivity contribution in [2.45, 2.75) is 72.1 Å². The molecule has 0 bridgehead atoms. The third-order valence-electron chi connectivity index (χ3n) is 3.43. The van der Waals surface area contributed by atoms with Gasteiger partial charge >= 0.3 is 5.97 Å². The Kier molecular flexibility index (Phi) is 7.45. The van der Waals surface area contributed by atoms with Gasteiger partial charge < -0.3 is 5.11 Å². The van der Waals surface area contributed by atoms with E-state index < -0.39 is 5.97 Å². The second-order valence-electron chi connectivity index (χ2n) is 4.87. The van der Waals surface area contributed by atoms with Crippen LogP contribution >= 0.6 is 0 Å². The predicted octanol–water partition coefficient (Wildman–Crippen LogP) is 4.24. The molecular formula is C13H26O2. The van der Waals surface area contributed by atoms with Gasteiger partial charge in [-0.25, -0.2) is 0 Å². The van der Waals surface area contributed by atoms with E-state index in [-0.39, 0.29) is 5.41 Å². The standard InChI is InChI=1S/C13H26O2/c1-4-6-7-8-10-13(3,5-2)11-9-12(14)15/h4-11H2,1-3H3,(H,14,15). The van der Waals surface area contributed by atoms with E-state index in [1.807, 2.05) is 0 Å². The zero-order valence-electron chi connectivity index (χ0n) is 10.5. The average Bonchev–Trinajstić information content (AvgIpc) is 2.22. The molecule has 15 heavy (non-hydrogen) atoms. The van der Waals surface area contributed by atoms with Crippen LogP contribution in [0.5, 0.6) is 0 Å². The molecule has 0 amide bonds. The zero-order chi connectivity index (χ0) is 11.7. The number of unbranched alkanes of at least 4 members (excludes halogenated alkanes) is 3. The van der Waals surface area contributed by atoms with Crippen LogP contribution in [0.2, 0.25) is 0 Å². The fraction of sp³-hybridized carbons (Fsp3) is 0.923. The molecule has 0 aliphatic carbocycles. The third kappa shape index (κ3) is 7.40. The van der Waals surface area contributed by atoms with Crippen LogP contribution in [0.4, 0.5) is 0 Å². The number of carbonyl (C=O) groups is 1. The van der Waals surface area contributed by atoms with Gasteiger partial charge in [0.2, 0.25) is 0 Å². The zero-order valence-corrected chi connectivity index (χ0v) is 10.5. The summed E-state index contributed by atoms with van der Waals surface area (Å²) in [4.78, 5) is 10.5. The molecule has 0 aliphatic heterocycles. The first-order chi connectivity index (χ1) is 7.04. The van der Waals surface area contributed by atoms with E-state index in [1.165, 1.54) is 32.1 Å². The Morgan fingerprint density at radius 1 is 1.13 bits per heavy atom. The molecule has 0 heterocycles. The van der Waals surface area contributed by atoms with Gasteiger partial charge in [0, 0.05) is 6.42 Å².